The van der Waals surface area contributed by atoms with Crippen molar-refractivity contribution < 1.29 is 8.42 Å². The van der Waals surface area contributed by atoms with Crippen LogP contribution in [0.1, 0.15) is 5.69 Å². The van der Waals surface area contributed by atoms with E-state index in [4.69, 9.17) is 11.6 Å². The molecule has 0 aliphatic heterocycles. The highest BCUT2D eigenvalue weighted by Gasteiger charge is 2.14. The fraction of sp³-hybridized carbons (Fsp3) is 0.111. The maximum atomic E-state index is 11.9. The van der Waals surface area contributed by atoms with E-state index < -0.39 is 9.84 Å². The summed E-state index contributed by atoms with van der Waals surface area (Å²) in [5.74, 6) is 0. The molecule has 0 amide bonds. The Morgan fingerprint density at radius 2 is 1.70 bits per heavy atom. The van der Waals surface area contributed by atoms with Gasteiger partial charge in [0.15, 0.2) is 9.84 Å². The van der Waals surface area contributed by atoms with E-state index in [9.17, 15) is 8.42 Å². The Labute approximate surface area is 141 Å². The van der Waals surface area contributed by atoms with Crippen LogP contribution >= 0.6 is 11.6 Å². The first-order chi connectivity index (χ1) is 10.9. The fourth-order valence-corrected chi connectivity index (χ4v) is 3.33. The van der Waals surface area contributed by atoms with Gasteiger partial charge in [-0.25, -0.2) is 8.42 Å². The highest BCUT2D eigenvalue weighted by molar-refractivity contribution is 7.90. The van der Waals surface area contributed by atoms with Crippen LogP contribution in [0.3, 0.4) is 0 Å². The van der Waals surface area contributed by atoms with Crippen LogP contribution in [-0.2, 0) is 9.84 Å². The van der Waals surface area contributed by atoms with Crippen LogP contribution in [0.15, 0.2) is 65.7 Å². The smallest absolute Gasteiger partial charge is 0.175 e. The molecule has 0 radical (unpaired) electrons. The van der Waals surface area contributed by atoms with Crippen molar-refractivity contribution >= 4 is 21.4 Å². The van der Waals surface area contributed by atoms with E-state index in [1.165, 1.54) is 6.26 Å². The third-order valence-corrected chi connectivity index (χ3v) is 5.13. The molecule has 5 heteroatoms. The summed E-state index contributed by atoms with van der Waals surface area (Å²) in [6.07, 6.45) is 3.18. The van der Waals surface area contributed by atoms with Crippen LogP contribution in [0.5, 0.6) is 0 Å². The van der Waals surface area contributed by atoms with Gasteiger partial charge in [0.25, 0.3) is 0 Å². The largest absolute Gasteiger partial charge is 0.321 e. The summed E-state index contributed by atoms with van der Waals surface area (Å²) in [6, 6.07) is 16.6. The molecule has 0 spiro atoms. The molecule has 3 aromatic rings. The lowest BCUT2D eigenvalue weighted by molar-refractivity contribution is 0.602. The zero-order valence-electron chi connectivity index (χ0n) is 12.8. The van der Waals surface area contributed by atoms with Crippen LogP contribution in [0.2, 0.25) is 5.02 Å². The molecule has 1 heterocycles. The van der Waals surface area contributed by atoms with Crippen LogP contribution in [-0.4, -0.2) is 19.2 Å². The van der Waals surface area contributed by atoms with Gasteiger partial charge in [0.2, 0.25) is 0 Å². The van der Waals surface area contributed by atoms with E-state index in [1.54, 1.807) is 24.3 Å². The molecule has 0 fully saturated rings. The summed E-state index contributed by atoms with van der Waals surface area (Å²) in [6.45, 7) is 2.01. The van der Waals surface area contributed by atoms with Gasteiger partial charge in [-0.05, 0) is 55.0 Å². The zero-order valence-corrected chi connectivity index (χ0v) is 14.4. The predicted octanol–water partition coefficient (Wildman–Crippen LogP) is 4.51. The number of hydrogen-bond acceptors (Lipinski definition) is 2. The number of sulfone groups is 1. The molecule has 0 saturated carbocycles. The molecule has 0 bridgehead atoms. The minimum absolute atomic E-state index is 0.302. The maximum absolute atomic E-state index is 11.9. The second kappa shape index (κ2) is 5.87. The van der Waals surface area contributed by atoms with E-state index in [2.05, 4.69) is 0 Å². The summed E-state index contributed by atoms with van der Waals surface area (Å²) < 4.78 is 25.9. The lowest BCUT2D eigenvalue weighted by atomic mass is 10.0. The Kier molecular flexibility index (Phi) is 4.04. The normalized spacial score (nSPS) is 11.6. The van der Waals surface area contributed by atoms with Gasteiger partial charge in [-0.2, -0.15) is 0 Å². The fourth-order valence-electron chi connectivity index (χ4n) is 2.55. The molecule has 0 aliphatic rings. The van der Waals surface area contributed by atoms with E-state index in [0.29, 0.717) is 9.92 Å². The minimum atomic E-state index is -3.27. The molecule has 0 atom stereocenters. The molecule has 2 aromatic carbocycles. The molecule has 118 valence electrons. The number of nitrogens with zero attached hydrogens (tertiary/aromatic N) is 1. The van der Waals surface area contributed by atoms with Gasteiger partial charge in [-0.15, -0.1) is 0 Å². The Balaban J connectivity index is 2.28. The number of hydrogen-bond donors (Lipinski definition) is 0. The highest BCUT2D eigenvalue weighted by Crippen LogP contribution is 2.31. The minimum Gasteiger partial charge on any atom is -0.321 e. The first-order valence-corrected chi connectivity index (χ1v) is 9.37. The molecule has 3 nitrogen and oxygen atoms in total. The SMILES string of the molecule is Cc1cccn1-c1ccc(S(C)(=O)=O)cc1-c1ccc(Cl)cc1. The maximum Gasteiger partial charge on any atom is 0.175 e. The molecular formula is C18H16ClNO2S. The number of benzene rings is 2. The Bertz CT molecular complexity index is 957. The number of aryl methyl sites for hydroxylation is 1. The van der Waals surface area contributed by atoms with E-state index >= 15 is 0 Å². The zero-order chi connectivity index (χ0) is 16.6. The lowest BCUT2D eigenvalue weighted by Crippen LogP contribution is -2.02. The van der Waals surface area contributed by atoms with Gasteiger partial charge in [-0.1, -0.05) is 23.7 Å². The van der Waals surface area contributed by atoms with Gasteiger partial charge in [-0.3, -0.25) is 0 Å². The van der Waals surface area contributed by atoms with Gasteiger partial charge in [0.05, 0.1) is 10.6 Å². The Morgan fingerprint density at radius 1 is 1.00 bits per heavy atom. The van der Waals surface area contributed by atoms with E-state index in [1.807, 2.05) is 48.0 Å². The van der Waals surface area contributed by atoms with Crippen molar-refractivity contribution in [1.82, 2.24) is 4.57 Å². The summed E-state index contributed by atoms with van der Waals surface area (Å²) in [5.41, 5.74) is 3.78. The van der Waals surface area contributed by atoms with Crippen molar-refractivity contribution in [3.8, 4) is 16.8 Å². The molecule has 0 unspecified atom stereocenters. The van der Waals surface area contributed by atoms with Crippen molar-refractivity contribution in [3.63, 3.8) is 0 Å². The van der Waals surface area contributed by atoms with Crippen LogP contribution in [0, 0.1) is 6.92 Å². The average Bonchev–Trinajstić information content (AvgIpc) is 2.92. The van der Waals surface area contributed by atoms with Crippen molar-refractivity contribution in [3.05, 3.63) is 71.5 Å². The van der Waals surface area contributed by atoms with Gasteiger partial charge < -0.3 is 4.57 Å². The molecule has 1 aromatic heterocycles. The molecule has 0 aliphatic carbocycles. The Morgan fingerprint density at radius 3 is 2.26 bits per heavy atom. The second-order valence-electron chi connectivity index (χ2n) is 5.48. The molecular weight excluding hydrogens is 330 g/mol. The van der Waals surface area contributed by atoms with Crippen molar-refractivity contribution in [1.29, 1.82) is 0 Å². The molecule has 0 saturated heterocycles. The standard InChI is InChI=1S/C18H16ClNO2S/c1-13-4-3-11-20(13)18-10-9-16(23(2,21)22)12-17(18)14-5-7-15(19)8-6-14/h3-12H,1-2H3. The van der Waals surface area contributed by atoms with Gasteiger partial charge in [0, 0.05) is 28.7 Å². The predicted molar refractivity (Wildman–Crippen MR) is 94.1 cm³/mol. The summed E-state index contributed by atoms with van der Waals surface area (Å²) in [4.78, 5) is 0.302. The van der Waals surface area contributed by atoms with E-state index in [-0.39, 0.29) is 0 Å². The third-order valence-electron chi connectivity index (χ3n) is 3.76. The number of aromatic nitrogens is 1. The van der Waals surface area contributed by atoms with Crippen LogP contribution in [0.25, 0.3) is 16.8 Å². The second-order valence-corrected chi connectivity index (χ2v) is 7.93. The quantitative estimate of drug-likeness (QED) is 0.700. The monoisotopic (exact) mass is 345 g/mol. The summed E-state index contributed by atoms with van der Waals surface area (Å²) in [7, 11) is -3.27. The Hall–Kier alpha value is -2.04. The first kappa shape index (κ1) is 15.8. The summed E-state index contributed by atoms with van der Waals surface area (Å²) in [5, 5.41) is 0.645. The van der Waals surface area contributed by atoms with Crippen LogP contribution < -0.4 is 0 Å². The number of halogens is 1. The van der Waals surface area contributed by atoms with Crippen molar-refractivity contribution in [2.45, 2.75) is 11.8 Å². The molecule has 0 N–H and O–H groups in total. The first-order valence-electron chi connectivity index (χ1n) is 7.10. The van der Waals surface area contributed by atoms with Crippen molar-refractivity contribution in [2.75, 3.05) is 6.26 Å². The third kappa shape index (κ3) is 3.19. The van der Waals surface area contributed by atoms with Gasteiger partial charge >= 0.3 is 0 Å². The summed E-state index contributed by atoms with van der Waals surface area (Å²) >= 11 is 5.97. The average molecular weight is 346 g/mol. The number of rotatable bonds is 3. The lowest BCUT2D eigenvalue weighted by Gasteiger charge is -2.14. The molecule has 3 rings (SSSR count). The van der Waals surface area contributed by atoms with Crippen molar-refractivity contribution in [2.24, 2.45) is 0 Å². The highest BCUT2D eigenvalue weighted by atomic mass is 35.5. The van der Waals surface area contributed by atoms with Crippen LogP contribution in [0.4, 0.5) is 0 Å². The molecule has 23 heavy (non-hydrogen) atoms. The van der Waals surface area contributed by atoms with Gasteiger partial charge in [0.1, 0.15) is 0 Å². The topological polar surface area (TPSA) is 39.1 Å². The van der Waals surface area contributed by atoms with E-state index in [0.717, 1.165) is 22.5 Å².